The third kappa shape index (κ3) is 5.53. The van der Waals surface area contributed by atoms with Crippen LogP contribution in [0.4, 0.5) is 0 Å². The van der Waals surface area contributed by atoms with Crippen LogP contribution in [0.3, 0.4) is 0 Å². The Hall–Kier alpha value is -6.72. The van der Waals surface area contributed by atoms with Crippen molar-refractivity contribution in [2.24, 2.45) is 0 Å². The van der Waals surface area contributed by atoms with Crippen LogP contribution in [0.5, 0.6) is 0 Å². The molecule has 0 aliphatic carbocycles. The Morgan fingerprint density at radius 3 is 1.92 bits per heavy atom. The second kappa shape index (κ2) is 12.1. The number of fused-ring (bicyclic) bond motifs is 3. The van der Waals surface area contributed by atoms with Crippen molar-refractivity contribution in [3.63, 3.8) is 0 Å². The minimum absolute atomic E-state index is 0.811. The van der Waals surface area contributed by atoms with Crippen LogP contribution in [0.15, 0.2) is 176 Å². The highest BCUT2D eigenvalue weighted by Gasteiger charge is 2.13. The maximum absolute atomic E-state index is 5.15. The molecule has 230 valence electrons. The molecule has 49 heavy (non-hydrogen) atoms. The Balaban J connectivity index is 1.14. The van der Waals surface area contributed by atoms with Gasteiger partial charge in [0.25, 0.3) is 0 Å². The lowest BCUT2D eigenvalue weighted by atomic mass is 9.98. The Morgan fingerprint density at radius 1 is 0.367 bits per heavy atom. The highest BCUT2D eigenvalue weighted by Crippen LogP contribution is 2.33. The van der Waals surface area contributed by atoms with E-state index in [1.54, 1.807) is 0 Å². The topological polar surface area (TPSA) is 56.0 Å². The zero-order valence-electron chi connectivity index (χ0n) is 26.5. The van der Waals surface area contributed by atoms with E-state index >= 15 is 0 Å². The van der Waals surface area contributed by atoms with E-state index in [0.717, 1.165) is 83.8 Å². The molecule has 0 spiro atoms. The first-order valence-corrected chi connectivity index (χ1v) is 16.3. The van der Waals surface area contributed by atoms with Gasteiger partial charge in [-0.2, -0.15) is 5.10 Å². The minimum atomic E-state index is 0.811. The van der Waals surface area contributed by atoms with Gasteiger partial charge in [0.2, 0.25) is 0 Å². The van der Waals surface area contributed by atoms with Crippen LogP contribution >= 0.6 is 0 Å². The van der Waals surface area contributed by atoms with Crippen LogP contribution in [0, 0.1) is 0 Å². The number of benzene rings is 4. The number of nitrogens with zero attached hydrogens (tertiary/aromatic N) is 5. The molecule has 0 unspecified atom stereocenters. The molecule has 0 fully saturated rings. The maximum atomic E-state index is 5.15. The van der Waals surface area contributed by atoms with Crippen LogP contribution in [0.25, 0.3) is 83.8 Å². The van der Waals surface area contributed by atoms with E-state index in [1.165, 1.54) is 0 Å². The number of aromatic nitrogens is 5. The van der Waals surface area contributed by atoms with Crippen LogP contribution in [-0.4, -0.2) is 24.6 Å². The van der Waals surface area contributed by atoms with Gasteiger partial charge in [-0.1, -0.05) is 109 Å². The lowest BCUT2D eigenvalue weighted by molar-refractivity contribution is 1.01. The summed E-state index contributed by atoms with van der Waals surface area (Å²) in [5, 5.41) is 6.19. The van der Waals surface area contributed by atoms with Crippen LogP contribution < -0.4 is 0 Å². The van der Waals surface area contributed by atoms with Crippen molar-refractivity contribution in [1.29, 1.82) is 0 Å². The summed E-state index contributed by atoms with van der Waals surface area (Å²) in [6.45, 7) is 0. The van der Waals surface area contributed by atoms with Crippen molar-refractivity contribution >= 4 is 16.4 Å². The zero-order chi connectivity index (χ0) is 32.6. The van der Waals surface area contributed by atoms with Gasteiger partial charge in [-0.25, -0.2) is 9.50 Å². The molecule has 0 aliphatic heterocycles. The predicted octanol–water partition coefficient (Wildman–Crippen LogP) is 10.7. The molecule has 9 aromatic rings. The van der Waals surface area contributed by atoms with Crippen LogP contribution in [-0.2, 0) is 0 Å². The standard InChI is InChI=1S/C44H29N5/c1-2-9-30(10-3-1)36-21-23-40(46-29-36)43-27-37(26-41(47-43)32-18-16-31(17-19-32)39-14-6-7-24-45-39)34-12-8-13-35(25-34)42-28-38-22-20-33-11-4-5-15-44(33)49(38)48-42/h1-29H. The monoisotopic (exact) mass is 627 g/mol. The van der Waals surface area contributed by atoms with Crippen molar-refractivity contribution in [1.82, 2.24) is 24.6 Å². The molecular formula is C44H29N5. The van der Waals surface area contributed by atoms with Crippen molar-refractivity contribution in [2.75, 3.05) is 0 Å². The molecule has 4 aromatic carbocycles. The quantitative estimate of drug-likeness (QED) is 0.184. The fraction of sp³-hybridized carbons (Fsp3) is 0. The Kier molecular flexibility index (Phi) is 7.06. The number of rotatable bonds is 6. The van der Waals surface area contributed by atoms with Gasteiger partial charge in [0, 0.05) is 40.0 Å². The highest BCUT2D eigenvalue weighted by atomic mass is 15.2. The Morgan fingerprint density at radius 2 is 1.10 bits per heavy atom. The minimum Gasteiger partial charge on any atom is -0.256 e. The third-order valence-corrected chi connectivity index (χ3v) is 8.93. The van der Waals surface area contributed by atoms with Crippen molar-refractivity contribution in [2.45, 2.75) is 0 Å². The van der Waals surface area contributed by atoms with Gasteiger partial charge >= 0.3 is 0 Å². The molecule has 0 amide bonds. The molecule has 5 aromatic heterocycles. The van der Waals surface area contributed by atoms with Crippen LogP contribution in [0.1, 0.15) is 0 Å². The molecule has 5 heteroatoms. The molecule has 0 bridgehead atoms. The fourth-order valence-corrected chi connectivity index (χ4v) is 6.37. The van der Waals surface area contributed by atoms with E-state index in [-0.39, 0.29) is 0 Å². The van der Waals surface area contributed by atoms with Crippen molar-refractivity contribution in [3.8, 4) is 67.4 Å². The number of hydrogen-bond acceptors (Lipinski definition) is 4. The first-order chi connectivity index (χ1) is 24.2. The summed E-state index contributed by atoms with van der Waals surface area (Å²) in [7, 11) is 0. The largest absolute Gasteiger partial charge is 0.256 e. The van der Waals surface area contributed by atoms with Crippen molar-refractivity contribution < 1.29 is 0 Å². The van der Waals surface area contributed by atoms with Gasteiger partial charge in [0.15, 0.2) is 0 Å². The molecule has 5 heterocycles. The number of pyridine rings is 4. The summed E-state index contributed by atoms with van der Waals surface area (Å²) in [6, 6.07) is 56.5. The van der Waals surface area contributed by atoms with E-state index in [9.17, 15) is 0 Å². The molecular weight excluding hydrogens is 599 g/mol. The van der Waals surface area contributed by atoms with Gasteiger partial charge in [0.1, 0.15) is 0 Å². The van der Waals surface area contributed by atoms with E-state index in [1.807, 2.05) is 53.3 Å². The van der Waals surface area contributed by atoms with Gasteiger partial charge in [-0.15, -0.1) is 0 Å². The SMILES string of the molecule is c1ccc(-c2ccc(-c3cc(-c4cccc(-c5cc6ccc7ccccc7n6n5)c4)cc(-c4ccc(-c5ccccn5)cc4)n3)nc2)cc1. The Bertz CT molecular complexity index is 2470. The maximum Gasteiger partial charge on any atom is 0.0934 e. The first kappa shape index (κ1) is 28.5. The molecule has 0 radical (unpaired) electrons. The summed E-state index contributed by atoms with van der Waals surface area (Å²) in [6.07, 6.45) is 3.74. The average molecular weight is 628 g/mol. The summed E-state index contributed by atoms with van der Waals surface area (Å²) in [5.74, 6) is 0. The smallest absolute Gasteiger partial charge is 0.0934 e. The lowest BCUT2D eigenvalue weighted by Crippen LogP contribution is -1.94. The van der Waals surface area contributed by atoms with E-state index in [0.29, 0.717) is 0 Å². The second-order valence-corrected chi connectivity index (χ2v) is 12.1. The summed E-state index contributed by atoms with van der Waals surface area (Å²) in [5.41, 5.74) is 14.0. The van der Waals surface area contributed by atoms with E-state index in [4.69, 9.17) is 15.1 Å². The number of para-hydroxylation sites is 1. The van der Waals surface area contributed by atoms with Gasteiger partial charge in [-0.3, -0.25) is 9.97 Å². The summed E-state index contributed by atoms with van der Waals surface area (Å²) >= 11 is 0. The summed E-state index contributed by atoms with van der Waals surface area (Å²) < 4.78 is 2.03. The lowest BCUT2D eigenvalue weighted by Gasteiger charge is -2.12. The molecule has 9 rings (SSSR count). The van der Waals surface area contributed by atoms with E-state index < -0.39 is 0 Å². The van der Waals surface area contributed by atoms with Crippen molar-refractivity contribution in [3.05, 3.63) is 176 Å². The normalized spacial score (nSPS) is 11.3. The highest BCUT2D eigenvalue weighted by molar-refractivity contribution is 5.84. The molecule has 0 saturated carbocycles. The predicted molar refractivity (Wildman–Crippen MR) is 199 cm³/mol. The average Bonchev–Trinajstić information content (AvgIpc) is 3.64. The molecule has 0 N–H and O–H groups in total. The van der Waals surface area contributed by atoms with Crippen LogP contribution in [0.2, 0.25) is 0 Å². The summed E-state index contributed by atoms with van der Waals surface area (Å²) in [4.78, 5) is 14.5. The molecule has 0 saturated heterocycles. The van der Waals surface area contributed by atoms with Gasteiger partial charge < -0.3 is 0 Å². The van der Waals surface area contributed by atoms with Gasteiger partial charge in [0.05, 0.1) is 39.5 Å². The molecule has 0 atom stereocenters. The Labute approximate surface area is 283 Å². The second-order valence-electron chi connectivity index (χ2n) is 12.1. The number of hydrogen-bond donors (Lipinski definition) is 0. The zero-order valence-corrected chi connectivity index (χ0v) is 26.5. The first-order valence-electron chi connectivity index (χ1n) is 16.3. The van der Waals surface area contributed by atoms with E-state index in [2.05, 4.69) is 132 Å². The molecule has 5 nitrogen and oxygen atoms in total. The third-order valence-electron chi connectivity index (χ3n) is 8.93. The van der Waals surface area contributed by atoms with Gasteiger partial charge in [-0.05, 0) is 71.3 Å². The fourth-order valence-electron chi connectivity index (χ4n) is 6.37. The molecule has 0 aliphatic rings.